The molecule has 1 saturated heterocycles. The molecule has 2 nitrogen and oxygen atoms in total. The van der Waals surface area contributed by atoms with Crippen molar-refractivity contribution in [3.8, 4) is 0 Å². The van der Waals surface area contributed by atoms with Gasteiger partial charge in [0.1, 0.15) is 0 Å². The minimum atomic E-state index is -0.776. The second-order valence-electron chi connectivity index (χ2n) is 6.20. The Hall–Kier alpha value is -1.00. The molecule has 1 saturated carbocycles. The third kappa shape index (κ3) is 2.86. The van der Waals surface area contributed by atoms with Crippen LogP contribution in [0.2, 0.25) is 0 Å². The topological polar surface area (TPSA) is 12.5 Å². The SMILES string of the molecule is CC1CN(CCc2ccc(F)c(F)c2)CC2(CCC2)O1. The number of benzene rings is 1. The first-order chi connectivity index (χ1) is 9.56. The Morgan fingerprint density at radius 1 is 1.30 bits per heavy atom. The molecule has 1 aromatic rings. The van der Waals surface area contributed by atoms with E-state index in [4.69, 9.17) is 4.74 Å². The lowest BCUT2D eigenvalue weighted by Crippen LogP contribution is -2.58. The normalized spacial score (nSPS) is 25.6. The van der Waals surface area contributed by atoms with Gasteiger partial charge >= 0.3 is 0 Å². The highest BCUT2D eigenvalue weighted by atomic mass is 19.2. The summed E-state index contributed by atoms with van der Waals surface area (Å²) in [7, 11) is 0. The smallest absolute Gasteiger partial charge is 0.159 e. The van der Waals surface area contributed by atoms with E-state index in [0.29, 0.717) is 0 Å². The van der Waals surface area contributed by atoms with Gasteiger partial charge in [-0.05, 0) is 50.3 Å². The van der Waals surface area contributed by atoms with Crippen LogP contribution in [0.15, 0.2) is 18.2 Å². The zero-order valence-electron chi connectivity index (χ0n) is 11.9. The highest BCUT2D eigenvalue weighted by Crippen LogP contribution is 2.39. The number of morpholine rings is 1. The van der Waals surface area contributed by atoms with Crippen LogP contribution in [0.25, 0.3) is 0 Å². The van der Waals surface area contributed by atoms with E-state index in [-0.39, 0.29) is 11.7 Å². The van der Waals surface area contributed by atoms with Crippen LogP contribution in [0.1, 0.15) is 31.7 Å². The number of halogens is 2. The van der Waals surface area contributed by atoms with Gasteiger partial charge in [-0.3, -0.25) is 4.90 Å². The van der Waals surface area contributed by atoms with Crippen molar-refractivity contribution in [1.82, 2.24) is 4.90 Å². The van der Waals surface area contributed by atoms with Crippen molar-refractivity contribution in [2.75, 3.05) is 19.6 Å². The van der Waals surface area contributed by atoms with Gasteiger partial charge in [-0.1, -0.05) is 6.07 Å². The first kappa shape index (κ1) is 14.0. The predicted molar refractivity (Wildman–Crippen MR) is 73.6 cm³/mol. The van der Waals surface area contributed by atoms with E-state index in [1.165, 1.54) is 18.6 Å². The summed E-state index contributed by atoms with van der Waals surface area (Å²) in [6, 6.07) is 4.18. The lowest BCUT2D eigenvalue weighted by Gasteiger charge is -2.50. The van der Waals surface area contributed by atoms with Crippen LogP contribution >= 0.6 is 0 Å². The highest BCUT2D eigenvalue weighted by Gasteiger charge is 2.43. The van der Waals surface area contributed by atoms with Gasteiger partial charge in [-0.2, -0.15) is 0 Å². The number of hydrogen-bond donors (Lipinski definition) is 0. The average Bonchev–Trinajstić information content (AvgIpc) is 2.38. The van der Waals surface area contributed by atoms with Gasteiger partial charge in [0.25, 0.3) is 0 Å². The van der Waals surface area contributed by atoms with Gasteiger partial charge in [0.05, 0.1) is 11.7 Å². The Balaban J connectivity index is 1.58. The number of hydrogen-bond acceptors (Lipinski definition) is 2. The summed E-state index contributed by atoms with van der Waals surface area (Å²) < 4.78 is 32.2. The fraction of sp³-hybridized carbons (Fsp3) is 0.625. The third-order valence-electron chi connectivity index (χ3n) is 4.44. The molecule has 1 spiro atoms. The highest BCUT2D eigenvalue weighted by molar-refractivity contribution is 5.18. The molecule has 3 rings (SSSR count). The Kier molecular flexibility index (Phi) is 3.78. The standard InChI is InChI=1S/C16H21F2NO/c1-12-10-19(11-16(20-12)6-2-7-16)8-5-13-3-4-14(17)15(18)9-13/h3-4,9,12H,2,5-8,10-11H2,1H3. The Morgan fingerprint density at radius 3 is 2.75 bits per heavy atom. The maximum Gasteiger partial charge on any atom is 0.159 e. The van der Waals surface area contributed by atoms with Crippen molar-refractivity contribution in [1.29, 1.82) is 0 Å². The molecule has 0 amide bonds. The molecule has 1 unspecified atom stereocenters. The van der Waals surface area contributed by atoms with Crippen molar-refractivity contribution in [2.45, 2.75) is 44.3 Å². The van der Waals surface area contributed by atoms with Crippen LogP contribution in [0.4, 0.5) is 8.78 Å². The zero-order chi connectivity index (χ0) is 14.2. The summed E-state index contributed by atoms with van der Waals surface area (Å²) in [5, 5.41) is 0. The quantitative estimate of drug-likeness (QED) is 0.844. The second-order valence-corrected chi connectivity index (χ2v) is 6.20. The molecule has 20 heavy (non-hydrogen) atoms. The van der Waals surface area contributed by atoms with Crippen LogP contribution in [-0.4, -0.2) is 36.2 Å². The monoisotopic (exact) mass is 281 g/mol. The van der Waals surface area contributed by atoms with Crippen molar-refractivity contribution in [3.05, 3.63) is 35.4 Å². The average molecular weight is 281 g/mol. The molecular weight excluding hydrogens is 260 g/mol. The van der Waals surface area contributed by atoms with E-state index in [9.17, 15) is 8.78 Å². The number of nitrogens with zero attached hydrogens (tertiary/aromatic N) is 1. The molecule has 110 valence electrons. The minimum Gasteiger partial charge on any atom is -0.369 e. The molecule has 2 fully saturated rings. The summed E-state index contributed by atoms with van der Waals surface area (Å²) in [4.78, 5) is 2.40. The van der Waals surface area contributed by atoms with Crippen molar-refractivity contribution in [3.63, 3.8) is 0 Å². The molecule has 4 heteroatoms. The van der Waals surface area contributed by atoms with E-state index in [1.807, 2.05) is 0 Å². The van der Waals surface area contributed by atoms with E-state index in [2.05, 4.69) is 11.8 Å². The lowest BCUT2D eigenvalue weighted by atomic mass is 9.78. The summed E-state index contributed by atoms with van der Waals surface area (Å²) >= 11 is 0. The van der Waals surface area contributed by atoms with Gasteiger partial charge in [0.15, 0.2) is 11.6 Å². The Bertz CT molecular complexity index is 487. The first-order valence-corrected chi connectivity index (χ1v) is 7.40. The molecule has 1 heterocycles. The van der Waals surface area contributed by atoms with E-state index < -0.39 is 11.6 Å². The largest absolute Gasteiger partial charge is 0.369 e. The van der Waals surface area contributed by atoms with Crippen LogP contribution in [0.5, 0.6) is 0 Å². The molecule has 1 aromatic carbocycles. The predicted octanol–water partition coefficient (Wildman–Crippen LogP) is 3.15. The van der Waals surface area contributed by atoms with Crippen LogP contribution < -0.4 is 0 Å². The van der Waals surface area contributed by atoms with Gasteiger partial charge in [-0.25, -0.2) is 8.78 Å². The molecule has 1 aliphatic heterocycles. The number of ether oxygens (including phenoxy) is 1. The summed E-state index contributed by atoms with van der Waals surface area (Å²) in [5.74, 6) is -1.53. The molecule has 0 bridgehead atoms. The van der Waals surface area contributed by atoms with Crippen molar-refractivity contribution < 1.29 is 13.5 Å². The summed E-state index contributed by atoms with van der Waals surface area (Å²) in [6.45, 7) is 4.89. The van der Waals surface area contributed by atoms with Gasteiger partial charge in [0.2, 0.25) is 0 Å². The minimum absolute atomic E-state index is 0.0751. The molecule has 1 aliphatic carbocycles. The third-order valence-corrected chi connectivity index (χ3v) is 4.44. The Labute approximate surface area is 118 Å². The molecule has 2 aliphatic rings. The summed E-state index contributed by atoms with van der Waals surface area (Å²) in [5.41, 5.74) is 0.928. The summed E-state index contributed by atoms with van der Waals surface area (Å²) in [6.07, 6.45) is 4.57. The fourth-order valence-corrected chi connectivity index (χ4v) is 3.34. The lowest BCUT2D eigenvalue weighted by molar-refractivity contribution is -0.184. The fourth-order valence-electron chi connectivity index (χ4n) is 3.34. The van der Waals surface area contributed by atoms with E-state index in [1.54, 1.807) is 6.07 Å². The van der Waals surface area contributed by atoms with Crippen LogP contribution in [-0.2, 0) is 11.2 Å². The molecule has 1 atom stereocenters. The van der Waals surface area contributed by atoms with E-state index in [0.717, 1.165) is 44.5 Å². The van der Waals surface area contributed by atoms with Crippen LogP contribution in [0, 0.1) is 11.6 Å². The first-order valence-electron chi connectivity index (χ1n) is 7.40. The molecule has 0 N–H and O–H groups in total. The van der Waals surface area contributed by atoms with Gasteiger partial charge < -0.3 is 4.74 Å². The second kappa shape index (κ2) is 5.41. The zero-order valence-corrected chi connectivity index (χ0v) is 11.9. The number of rotatable bonds is 3. The molecular formula is C16H21F2NO. The molecule has 0 radical (unpaired) electrons. The van der Waals surface area contributed by atoms with Crippen LogP contribution in [0.3, 0.4) is 0 Å². The van der Waals surface area contributed by atoms with Crippen molar-refractivity contribution in [2.24, 2.45) is 0 Å². The van der Waals surface area contributed by atoms with Crippen molar-refractivity contribution >= 4 is 0 Å². The van der Waals surface area contributed by atoms with Gasteiger partial charge in [0, 0.05) is 19.6 Å². The Morgan fingerprint density at radius 2 is 2.10 bits per heavy atom. The van der Waals surface area contributed by atoms with E-state index >= 15 is 0 Å². The maximum absolute atomic E-state index is 13.2. The maximum atomic E-state index is 13.2. The molecule has 0 aromatic heterocycles. The van der Waals surface area contributed by atoms with Gasteiger partial charge in [-0.15, -0.1) is 0 Å².